The number of aromatic nitrogens is 12. The van der Waals surface area contributed by atoms with Crippen molar-refractivity contribution in [2.45, 2.75) is 73.0 Å². The van der Waals surface area contributed by atoms with Gasteiger partial charge in [-0.25, -0.2) is 47.7 Å². The molecule has 394 valence electrons. The Morgan fingerprint density at radius 1 is 0.595 bits per heavy atom. The molecule has 9 aromatic rings. The van der Waals surface area contributed by atoms with Crippen LogP contribution in [-0.2, 0) is 11.1 Å². The number of anilines is 4. The predicted octanol–water partition coefficient (Wildman–Crippen LogP) is 4.81. The number of benzene rings is 2. The normalized spacial score (nSPS) is 12.7. The number of nitrogens with zero attached hydrogens (tertiary/aromatic N) is 14. The molecule has 0 unspecified atom stereocenters. The van der Waals surface area contributed by atoms with Crippen LogP contribution in [0.15, 0.2) is 127 Å². The van der Waals surface area contributed by atoms with Crippen molar-refractivity contribution in [2.24, 2.45) is 11.5 Å². The van der Waals surface area contributed by atoms with E-state index in [1.54, 1.807) is 66.4 Å². The predicted molar refractivity (Wildman–Crippen MR) is 288 cm³/mol. The topological polar surface area (TPSA) is 261 Å². The summed E-state index contributed by atoms with van der Waals surface area (Å²) in [6.07, 6.45) is 17.1. The number of nitrogens with two attached hydrogens (primary N) is 4. The molecule has 9 rings (SSSR count). The lowest BCUT2D eigenvalue weighted by Gasteiger charge is -2.25. The van der Waals surface area contributed by atoms with Gasteiger partial charge in [-0.3, -0.25) is 4.68 Å². The van der Waals surface area contributed by atoms with Crippen molar-refractivity contribution in [1.82, 2.24) is 58.9 Å². The second-order valence-corrected chi connectivity index (χ2v) is 17.8. The molecule has 0 radical (unpaired) electrons. The van der Waals surface area contributed by atoms with Crippen LogP contribution < -0.4 is 56.7 Å². The molecule has 7 aromatic heterocycles. The van der Waals surface area contributed by atoms with Gasteiger partial charge >= 0.3 is 0 Å². The number of nitrogen functional groups attached to an aromatic ring is 2. The molecule has 3 atom stereocenters. The van der Waals surface area contributed by atoms with Crippen molar-refractivity contribution < 1.29 is 37.9 Å². The Bertz CT molecular complexity index is 2910. The summed E-state index contributed by atoms with van der Waals surface area (Å²) in [5, 5.41) is 22.0. The van der Waals surface area contributed by atoms with Crippen LogP contribution in [0.1, 0.15) is 84.2 Å². The number of hydrogen-bond donors (Lipinski definition) is 5. The standard InChI is InChI=1S/C16H22N6O.2C12H13FN4.C10H13BrN4.CH4.HI/c1-4-20(5-2)16-15-6-13(8-22(15)19-11-17-16)14-7-18-21(9-14)12(3)10-23;2*1-12(15,8-2-4-10(13)5-3-8)9-6-16-11(14)17-7-9;1-3-14(4-2)10-9-5-8(11)6-15(9)13-7-12-10;;/h6-9,11-12,23H,4-5,10H2,1-3H3;2*2-7H,15H2,1H3,(H2,14,16,17);5-7H,3-4H2,1-2H3;1H4;1H/p-1/t3*12-;;;/m000.../s1. The average Bonchev–Trinajstić information content (AvgIpc) is 4.15. The zero-order chi connectivity index (χ0) is 52.2. The average molecular weight is 1190 g/mol. The lowest BCUT2D eigenvalue weighted by Crippen LogP contribution is -3.00. The van der Waals surface area contributed by atoms with E-state index in [0.717, 1.165) is 86.7 Å². The summed E-state index contributed by atoms with van der Waals surface area (Å²) in [5.74, 6) is 1.73. The van der Waals surface area contributed by atoms with E-state index >= 15 is 0 Å². The lowest BCUT2D eigenvalue weighted by molar-refractivity contribution is -0.0000184. The fourth-order valence-corrected chi connectivity index (χ4v) is 7.85. The van der Waals surface area contributed by atoms with Crippen LogP contribution in [0.3, 0.4) is 0 Å². The molecule has 74 heavy (non-hydrogen) atoms. The zero-order valence-electron chi connectivity index (χ0n) is 41.7. The van der Waals surface area contributed by atoms with Gasteiger partial charge in [0.25, 0.3) is 0 Å². The molecule has 23 heteroatoms. The highest BCUT2D eigenvalue weighted by atomic mass is 127. The van der Waals surface area contributed by atoms with Gasteiger partial charge in [0.2, 0.25) is 11.9 Å². The van der Waals surface area contributed by atoms with Gasteiger partial charge in [0.15, 0.2) is 11.6 Å². The van der Waals surface area contributed by atoms with Gasteiger partial charge in [-0.2, -0.15) is 15.3 Å². The van der Waals surface area contributed by atoms with Crippen molar-refractivity contribution in [3.05, 3.63) is 161 Å². The van der Waals surface area contributed by atoms with Gasteiger partial charge in [0.05, 0.1) is 29.9 Å². The van der Waals surface area contributed by atoms with Crippen molar-refractivity contribution >= 4 is 50.5 Å². The summed E-state index contributed by atoms with van der Waals surface area (Å²) in [7, 11) is 0. The molecule has 0 saturated heterocycles. The van der Waals surface area contributed by atoms with Gasteiger partial charge in [-0.1, -0.05) is 31.7 Å². The summed E-state index contributed by atoms with van der Waals surface area (Å²) in [6, 6.07) is 16.2. The molecular formula is C51H65BrF2IN18O-. The third kappa shape index (κ3) is 14.5. The third-order valence-corrected chi connectivity index (χ3v) is 12.4. The van der Waals surface area contributed by atoms with Gasteiger partial charge < -0.3 is 61.8 Å². The molecular weight excluding hydrogens is 1130 g/mol. The first-order valence-corrected chi connectivity index (χ1v) is 24.0. The number of halogens is 4. The van der Waals surface area contributed by atoms with Crippen molar-refractivity contribution in [1.29, 1.82) is 0 Å². The SMILES string of the molecule is C.CCN(CC)c1ncnn2cc(-c3cnn([C@@H](C)CO)c3)cc12.CCN(CC)c1ncnn2cc(Br)cc12.C[C@](N)(c1ccc(F)cc1)c1cnc(N)nc1.C[C@](N)(c1ccc(F)cc1)c1cnc(N)nc1.[I-]. The molecule has 0 fully saturated rings. The van der Waals surface area contributed by atoms with Gasteiger partial charge in [0, 0.05) is 96.3 Å². The molecule has 0 saturated carbocycles. The van der Waals surface area contributed by atoms with Crippen LogP contribution in [0, 0.1) is 11.6 Å². The van der Waals surface area contributed by atoms with Crippen LogP contribution >= 0.6 is 15.9 Å². The summed E-state index contributed by atoms with van der Waals surface area (Å²) in [5.41, 5.74) is 28.8. The highest BCUT2D eigenvalue weighted by molar-refractivity contribution is 9.10. The van der Waals surface area contributed by atoms with Crippen molar-refractivity contribution in [3.8, 4) is 11.1 Å². The maximum atomic E-state index is 12.8. The Kier molecular flexibility index (Phi) is 21.8. The molecule has 0 aliphatic rings. The van der Waals surface area contributed by atoms with Crippen LogP contribution in [0.25, 0.3) is 22.2 Å². The highest BCUT2D eigenvalue weighted by Gasteiger charge is 2.26. The fraction of sp³-hybridized carbons (Fsp3) is 0.314. The van der Waals surface area contributed by atoms with E-state index in [1.165, 1.54) is 24.3 Å². The number of aliphatic hydroxyl groups excluding tert-OH is 1. The van der Waals surface area contributed by atoms with E-state index in [9.17, 15) is 13.9 Å². The summed E-state index contributed by atoms with van der Waals surface area (Å²) < 4.78 is 32.2. The summed E-state index contributed by atoms with van der Waals surface area (Å²) >= 11 is 3.44. The molecule has 0 bridgehead atoms. The molecule has 2 aromatic carbocycles. The molecule has 19 nitrogen and oxygen atoms in total. The molecule has 0 aliphatic carbocycles. The second-order valence-electron chi connectivity index (χ2n) is 16.9. The van der Waals surface area contributed by atoms with E-state index in [0.29, 0.717) is 0 Å². The monoisotopic (exact) mass is 1190 g/mol. The van der Waals surface area contributed by atoms with E-state index in [2.05, 4.69) is 105 Å². The summed E-state index contributed by atoms with van der Waals surface area (Å²) in [6.45, 7) is 17.8. The van der Waals surface area contributed by atoms with Crippen molar-refractivity contribution in [3.63, 3.8) is 0 Å². The molecule has 0 spiro atoms. The van der Waals surface area contributed by atoms with Gasteiger partial charge in [-0.05, 0) is 112 Å². The largest absolute Gasteiger partial charge is 1.00 e. The Morgan fingerprint density at radius 2 is 1.00 bits per heavy atom. The number of hydrogen-bond acceptors (Lipinski definition) is 16. The fourth-order valence-electron chi connectivity index (χ4n) is 7.44. The van der Waals surface area contributed by atoms with Crippen LogP contribution in [-0.4, -0.2) is 96.8 Å². The molecule has 9 N–H and O–H groups in total. The van der Waals surface area contributed by atoms with Crippen LogP contribution in [0.4, 0.5) is 32.3 Å². The number of aliphatic hydroxyl groups is 1. The lowest BCUT2D eigenvalue weighted by atomic mass is 9.87. The van der Waals surface area contributed by atoms with E-state index in [-0.39, 0.29) is 67.6 Å². The molecule has 0 amide bonds. The Balaban J connectivity index is 0.000000215. The number of rotatable bonds is 13. The van der Waals surface area contributed by atoms with Crippen LogP contribution in [0.5, 0.6) is 0 Å². The first-order valence-electron chi connectivity index (χ1n) is 23.2. The van der Waals surface area contributed by atoms with E-state index in [4.69, 9.17) is 22.9 Å². The first-order chi connectivity index (χ1) is 34.4. The van der Waals surface area contributed by atoms with Gasteiger partial charge in [0.1, 0.15) is 35.3 Å². The Labute approximate surface area is 455 Å². The molecule has 0 aliphatic heterocycles. The minimum absolute atomic E-state index is 0. The van der Waals surface area contributed by atoms with Crippen molar-refractivity contribution in [2.75, 3.05) is 54.1 Å². The smallest absolute Gasteiger partial charge is 0.219 e. The number of fused-ring (bicyclic) bond motifs is 2. The zero-order valence-corrected chi connectivity index (χ0v) is 45.4. The quantitative estimate of drug-likeness (QED) is 0.0971. The van der Waals surface area contributed by atoms with E-state index < -0.39 is 11.1 Å². The van der Waals surface area contributed by atoms with Gasteiger partial charge in [-0.15, -0.1) is 0 Å². The minimum atomic E-state index is -0.776. The second kappa shape index (κ2) is 26.9. The maximum absolute atomic E-state index is 12.8. The molecule has 7 heterocycles. The van der Waals surface area contributed by atoms with E-state index in [1.807, 2.05) is 60.7 Å². The van der Waals surface area contributed by atoms with Crippen LogP contribution in [0.2, 0.25) is 0 Å². The Hall–Kier alpha value is -6.80. The summed E-state index contributed by atoms with van der Waals surface area (Å²) in [4.78, 5) is 28.8. The first kappa shape index (κ1) is 59.8. The highest BCUT2D eigenvalue weighted by Crippen LogP contribution is 2.29. The Morgan fingerprint density at radius 3 is 1.41 bits per heavy atom. The maximum Gasteiger partial charge on any atom is 0.219 e. The minimum Gasteiger partial charge on any atom is -1.00 e. The third-order valence-electron chi connectivity index (χ3n) is 11.9.